The highest BCUT2D eigenvalue weighted by Crippen LogP contribution is 2.42. The Bertz CT molecular complexity index is 1480. The molecule has 224 valence electrons. The summed E-state index contributed by atoms with van der Waals surface area (Å²) in [5.41, 5.74) is -1.89. The zero-order valence-electron chi connectivity index (χ0n) is 24.2. The van der Waals surface area contributed by atoms with Crippen molar-refractivity contribution in [2.24, 2.45) is 7.05 Å². The monoisotopic (exact) mass is 616 g/mol. The third kappa shape index (κ3) is 6.89. The van der Waals surface area contributed by atoms with Gasteiger partial charge in [-0.2, -0.15) is 5.10 Å². The smallest absolute Gasteiger partial charge is 0.177 e. The predicted molar refractivity (Wildman–Crippen MR) is 161 cm³/mol. The second kappa shape index (κ2) is 14.3. The molecule has 2 atom stereocenters. The number of ether oxygens (including phenoxy) is 1. The summed E-state index contributed by atoms with van der Waals surface area (Å²) in [5.74, 6) is -0.799. The average Bonchev–Trinajstić information content (AvgIpc) is 3.43. The first-order valence-corrected chi connectivity index (χ1v) is 14.1. The maximum absolute atomic E-state index is 16.5. The quantitative estimate of drug-likeness (QED) is 0.165. The van der Waals surface area contributed by atoms with Crippen LogP contribution in [0.3, 0.4) is 0 Å². The zero-order chi connectivity index (χ0) is 31.1. The minimum absolute atomic E-state index is 0.0528. The number of carbonyl (C=O) groups is 1. The number of aryl methyl sites for hydroxylation is 1. The van der Waals surface area contributed by atoms with Crippen molar-refractivity contribution in [1.82, 2.24) is 19.7 Å². The number of benzene rings is 2. The van der Waals surface area contributed by atoms with Crippen LogP contribution in [0.5, 0.6) is 0 Å². The fourth-order valence-electron chi connectivity index (χ4n) is 4.74. The summed E-state index contributed by atoms with van der Waals surface area (Å²) >= 11 is 12.2. The lowest BCUT2D eigenvalue weighted by Gasteiger charge is -2.43. The Balaban J connectivity index is 0.00000237. The Hall–Kier alpha value is -3.18. The van der Waals surface area contributed by atoms with E-state index in [0.29, 0.717) is 33.2 Å². The van der Waals surface area contributed by atoms with Crippen molar-refractivity contribution in [3.63, 3.8) is 0 Å². The van der Waals surface area contributed by atoms with E-state index in [0.717, 1.165) is 0 Å². The third-order valence-corrected chi connectivity index (χ3v) is 7.25. The van der Waals surface area contributed by atoms with E-state index >= 15 is 4.39 Å². The summed E-state index contributed by atoms with van der Waals surface area (Å²) in [6, 6.07) is 12.6. The van der Waals surface area contributed by atoms with Crippen molar-refractivity contribution >= 4 is 29.5 Å². The van der Waals surface area contributed by atoms with Crippen molar-refractivity contribution in [3.8, 4) is 0 Å². The van der Waals surface area contributed by atoms with Gasteiger partial charge in [0, 0.05) is 53.3 Å². The molecular formula is C31H35Cl2FN4O4. The van der Waals surface area contributed by atoms with E-state index in [1.807, 2.05) is 13.8 Å². The van der Waals surface area contributed by atoms with Crippen LogP contribution in [-0.2, 0) is 29.7 Å². The molecule has 42 heavy (non-hydrogen) atoms. The molecule has 0 aliphatic carbocycles. The van der Waals surface area contributed by atoms with Crippen LogP contribution in [-0.4, -0.2) is 56.4 Å². The van der Waals surface area contributed by atoms with Crippen molar-refractivity contribution in [2.45, 2.75) is 38.6 Å². The molecule has 0 spiro atoms. The highest BCUT2D eigenvalue weighted by atomic mass is 35.5. The Labute approximate surface area is 255 Å². The molecule has 0 amide bonds. The van der Waals surface area contributed by atoms with Gasteiger partial charge in [0.2, 0.25) is 0 Å². The molecule has 0 aliphatic rings. The second-order valence-corrected chi connectivity index (χ2v) is 10.4. The van der Waals surface area contributed by atoms with Crippen molar-refractivity contribution in [2.75, 3.05) is 20.3 Å². The maximum Gasteiger partial charge on any atom is 0.177 e. The Morgan fingerprint density at radius 1 is 1.05 bits per heavy atom. The van der Waals surface area contributed by atoms with Crippen LogP contribution in [0.15, 0.2) is 67.1 Å². The lowest BCUT2D eigenvalue weighted by Crippen LogP contribution is -2.49. The molecule has 0 fully saturated rings. The van der Waals surface area contributed by atoms with Crippen LogP contribution in [0.4, 0.5) is 4.39 Å². The SMILES string of the molecule is CC.CN(Cc1ccc(Cl)cn1)[C@@](OCCO)(c1ccc(Cl)cc1)c1c(F)cc(C(C)(O)c2cnn(C)c2)cc1C=O. The highest BCUT2D eigenvalue weighted by molar-refractivity contribution is 6.30. The minimum atomic E-state index is -1.71. The molecule has 2 aromatic heterocycles. The van der Waals surface area contributed by atoms with Gasteiger partial charge in [-0.3, -0.25) is 19.4 Å². The molecule has 2 aromatic carbocycles. The van der Waals surface area contributed by atoms with Crippen LogP contribution in [0.1, 0.15) is 59.1 Å². The van der Waals surface area contributed by atoms with Gasteiger partial charge in [0.05, 0.1) is 30.1 Å². The normalized spacial score (nSPS) is 14.1. The number of hydrogen-bond donors (Lipinski definition) is 2. The van der Waals surface area contributed by atoms with Crippen molar-refractivity contribution in [1.29, 1.82) is 0 Å². The van der Waals surface area contributed by atoms with E-state index in [-0.39, 0.29) is 36.4 Å². The number of hydrogen-bond acceptors (Lipinski definition) is 7. The number of aromatic nitrogens is 3. The summed E-state index contributed by atoms with van der Waals surface area (Å²) in [4.78, 5) is 18.6. The van der Waals surface area contributed by atoms with Gasteiger partial charge >= 0.3 is 0 Å². The van der Waals surface area contributed by atoms with Gasteiger partial charge in [0.15, 0.2) is 12.0 Å². The van der Waals surface area contributed by atoms with Crippen molar-refractivity contribution < 1.29 is 24.1 Å². The Morgan fingerprint density at radius 3 is 2.26 bits per heavy atom. The number of aliphatic hydroxyl groups excluding tert-OH is 1. The van der Waals surface area contributed by atoms with Gasteiger partial charge in [-0.05, 0) is 55.9 Å². The predicted octanol–water partition coefficient (Wildman–Crippen LogP) is 5.70. The number of aliphatic hydroxyl groups is 2. The van der Waals surface area contributed by atoms with E-state index < -0.39 is 17.1 Å². The van der Waals surface area contributed by atoms with E-state index in [2.05, 4.69) is 10.1 Å². The van der Waals surface area contributed by atoms with Gasteiger partial charge in [0.25, 0.3) is 0 Å². The lowest BCUT2D eigenvalue weighted by molar-refractivity contribution is -0.137. The first kappa shape index (κ1) is 33.3. The fraction of sp³-hybridized carbons (Fsp3) is 0.323. The molecular weight excluding hydrogens is 582 g/mol. The summed E-state index contributed by atoms with van der Waals surface area (Å²) in [5, 5.41) is 26.1. The van der Waals surface area contributed by atoms with Crippen LogP contribution >= 0.6 is 23.2 Å². The highest BCUT2D eigenvalue weighted by Gasteiger charge is 2.45. The number of halogens is 3. The van der Waals surface area contributed by atoms with Gasteiger partial charge in [-0.1, -0.05) is 49.2 Å². The second-order valence-electron chi connectivity index (χ2n) is 9.56. The van der Waals surface area contributed by atoms with E-state index in [4.69, 9.17) is 27.9 Å². The van der Waals surface area contributed by atoms with Crippen LogP contribution in [0.2, 0.25) is 10.0 Å². The molecule has 0 saturated heterocycles. The molecule has 2 heterocycles. The van der Waals surface area contributed by atoms with Gasteiger partial charge in [-0.15, -0.1) is 0 Å². The zero-order valence-corrected chi connectivity index (χ0v) is 25.7. The molecule has 0 radical (unpaired) electrons. The lowest BCUT2D eigenvalue weighted by atomic mass is 9.83. The maximum atomic E-state index is 16.5. The van der Waals surface area contributed by atoms with E-state index in [1.165, 1.54) is 36.1 Å². The number of nitrogens with zero attached hydrogens (tertiary/aromatic N) is 4. The number of carbonyl (C=O) groups excluding carboxylic acids is 1. The van der Waals surface area contributed by atoms with Crippen LogP contribution in [0.25, 0.3) is 0 Å². The Kier molecular flexibility index (Phi) is 11.4. The molecule has 1 unspecified atom stereocenters. The average molecular weight is 618 g/mol. The molecule has 4 rings (SSSR count). The molecule has 0 bridgehead atoms. The minimum Gasteiger partial charge on any atom is -0.394 e. The molecule has 8 nitrogen and oxygen atoms in total. The van der Waals surface area contributed by atoms with Gasteiger partial charge in [0.1, 0.15) is 11.4 Å². The largest absolute Gasteiger partial charge is 0.394 e. The first-order chi connectivity index (χ1) is 20.0. The summed E-state index contributed by atoms with van der Waals surface area (Å²) in [6.07, 6.45) is 5.10. The summed E-state index contributed by atoms with van der Waals surface area (Å²) in [6.45, 7) is 5.10. The molecule has 4 aromatic rings. The molecule has 2 N–H and O–H groups in total. The topological polar surface area (TPSA) is 101 Å². The van der Waals surface area contributed by atoms with Gasteiger partial charge < -0.3 is 14.9 Å². The standard InChI is InChI=1S/C29H29Cl2FN4O4.C2H6/c1-28(39,22-14-34-36(3)16-22)21-12-19(18-38)27(26(32)13-21)29(40-11-10-37,20-4-6-23(30)7-5-20)35(2)17-25-9-8-24(31)15-33-25;1-2/h4-9,12-16,18,37,39H,10-11,17H2,1-3H3;1-2H3/t28?,29-;/m1./s1. The molecule has 0 saturated carbocycles. The molecule has 11 heteroatoms. The number of aldehydes is 1. The molecule has 0 aliphatic heterocycles. The number of rotatable bonds is 11. The van der Waals surface area contributed by atoms with Crippen molar-refractivity contribution in [3.05, 3.63) is 116 Å². The first-order valence-electron chi connectivity index (χ1n) is 13.4. The number of pyridine rings is 1. The van der Waals surface area contributed by atoms with E-state index in [9.17, 15) is 15.0 Å². The Morgan fingerprint density at radius 2 is 1.71 bits per heavy atom. The van der Waals surface area contributed by atoms with Crippen LogP contribution in [0, 0.1) is 5.82 Å². The van der Waals surface area contributed by atoms with Gasteiger partial charge in [-0.25, -0.2) is 4.39 Å². The van der Waals surface area contributed by atoms with Crippen LogP contribution < -0.4 is 0 Å². The summed E-state index contributed by atoms with van der Waals surface area (Å²) in [7, 11) is 3.39. The summed E-state index contributed by atoms with van der Waals surface area (Å²) < 4.78 is 24.3. The fourth-order valence-corrected chi connectivity index (χ4v) is 4.98. The third-order valence-electron chi connectivity index (χ3n) is 6.78. The van der Waals surface area contributed by atoms with E-state index in [1.54, 1.807) is 61.6 Å².